The largest absolute Gasteiger partial charge is 0.494 e. The van der Waals surface area contributed by atoms with E-state index in [1.165, 1.54) is 49.8 Å². The Bertz CT molecular complexity index is 544. The van der Waals surface area contributed by atoms with Gasteiger partial charge in [0.25, 0.3) is 0 Å². The van der Waals surface area contributed by atoms with Gasteiger partial charge in [-0.15, -0.1) is 12.4 Å². The molecule has 4 rings (SSSR count). The Kier molecular flexibility index (Phi) is 5.93. The third kappa shape index (κ3) is 3.39. The van der Waals surface area contributed by atoms with Gasteiger partial charge in [0.15, 0.2) is 0 Å². The number of benzene rings is 1. The van der Waals surface area contributed by atoms with E-state index in [0.29, 0.717) is 12.0 Å². The normalized spacial score (nSPS) is 29.1. The number of nitrogens with one attached hydrogen (secondary N) is 1. The van der Waals surface area contributed by atoms with Gasteiger partial charge in [0.05, 0.1) is 12.7 Å². The smallest absolute Gasteiger partial charge is 0.119 e. The van der Waals surface area contributed by atoms with Gasteiger partial charge in [-0.05, 0) is 49.8 Å². The topological polar surface area (TPSA) is 30.5 Å². The average Bonchev–Trinajstić information content (AvgIpc) is 3.10. The first-order chi connectivity index (χ1) is 11.4. The number of anilines is 1. The Labute approximate surface area is 151 Å². The van der Waals surface area contributed by atoms with Crippen LogP contribution in [0, 0.1) is 11.8 Å². The summed E-state index contributed by atoms with van der Waals surface area (Å²) in [6, 6.07) is 7.11. The molecule has 2 heterocycles. The predicted molar refractivity (Wildman–Crippen MR) is 100 cm³/mol. The van der Waals surface area contributed by atoms with Gasteiger partial charge in [-0.3, -0.25) is 0 Å². The molecule has 1 aromatic rings. The van der Waals surface area contributed by atoms with Gasteiger partial charge in [-0.1, -0.05) is 26.2 Å². The first kappa shape index (κ1) is 17.9. The van der Waals surface area contributed by atoms with Crippen molar-refractivity contribution in [3.05, 3.63) is 23.8 Å². The Morgan fingerprint density at radius 1 is 1.17 bits per heavy atom. The average molecular weight is 352 g/mol. The van der Waals surface area contributed by atoms with Crippen LogP contribution >= 0.6 is 12.4 Å². The molecule has 1 saturated carbocycles. The molecule has 3 aliphatic rings. The second kappa shape index (κ2) is 7.97. The van der Waals surface area contributed by atoms with E-state index >= 15 is 0 Å². The van der Waals surface area contributed by atoms with Crippen LogP contribution in [0.5, 0.6) is 5.75 Å². The lowest BCUT2D eigenvalue weighted by Gasteiger charge is -2.42. The number of halogens is 1. The molecule has 1 saturated heterocycles. The van der Waals surface area contributed by atoms with Gasteiger partial charge < -0.3 is 14.8 Å². The van der Waals surface area contributed by atoms with Crippen LogP contribution in [0.2, 0.25) is 0 Å². The van der Waals surface area contributed by atoms with Crippen molar-refractivity contribution >= 4 is 18.1 Å². The number of fused-ring (bicyclic) bond motifs is 3. The lowest BCUT2D eigenvalue weighted by atomic mass is 9.73. The fourth-order valence-electron chi connectivity index (χ4n) is 4.76. The van der Waals surface area contributed by atoms with Crippen LogP contribution in [0.1, 0.15) is 63.5 Å². The fourth-order valence-corrected chi connectivity index (χ4v) is 4.76. The molecule has 3 atom stereocenters. The highest BCUT2D eigenvalue weighted by Crippen LogP contribution is 2.49. The maximum absolute atomic E-state index is 6.17. The van der Waals surface area contributed by atoms with Crippen LogP contribution in [0.3, 0.4) is 0 Å². The van der Waals surface area contributed by atoms with E-state index in [-0.39, 0.29) is 18.5 Å². The van der Waals surface area contributed by atoms with Crippen molar-refractivity contribution in [1.29, 1.82) is 0 Å². The van der Waals surface area contributed by atoms with Crippen LogP contribution in [-0.4, -0.2) is 19.3 Å². The monoisotopic (exact) mass is 351 g/mol. The third-order valence-corrected chi connectivity index (χ3v) is 5.88. The second-order valence-corrected chi connectivity index (χ2v) is 7.41. The van der Waals surface area contributed by atoms with Gasteiger partial charge >= 0.3 is 0 Å². The summed E-state index contributed by atoms with van der Waals surface area (Å²) in [7, 11) is 0. The summed E-state index contributed by atoms with van der Waals surface area (Å²) < 4.78 is 12.0. The first-order valence-electron chi connectivity index (χ1n) is 9.51. The maximum Gasteiger partial charge on any atom is 0.119 e. The number of hydrogen-bond acceptors (Lipinski definition) is 3. The van der Waals surface area contributed by atoms with Crippen molar-refractivity contribution in [3.8, 4) is 5.75 Å². The number of hydrogen-bond donors (Lipinski definition) is 1. The van der Waals surface area contributed by atoms with Crippen molar-refractivity contribution in [2.45, 2.75) is 64.0 Å². The molecule has 1 aliphatic carbocycles. The van der Waals surface area contributed by atoms with E-state index in [0.717, 1.165) is 31.3 Å². The molecule has 2 aliphatic heterocycles. The lowest BCUT2D eigenvalue weighted by molar-refractivity contribution is 0.0730. The van der Waals surface area contributed by atoms with Crippen molar-refractivity contribution in [1.82, 2.24) is 0 Å². The highest BCUT2D eigenvalue weighted by atomic mass is 35.5. The summed E-state index contributed by atoms with van der Waals surface area (Å²) >= 11 is 0. The second-order valence-electron chi connectivity index (χ2n) is 7.41. The molecule has 0 radical (unpaired) electrons. The fraction of sp³-hybridized carbons (Fsp3) is 0.700. The van der Waals surface area contributed by atoms with Crippen LogP contribution < -0.4 is 10.1 Å². The molecule has 0 aromatic heterocycles. The number of ether oxygens (including phenoxy) is 2. The standard InChI is InChI=1S/C20H29NO2.ClH/c1-2-11-22-15-8-9-18-17(13-15)20-16(10-12-23-20)19(21-18)14-6-4-3-5-7-14;/h8-9,13-14,16,19-21H,2-7,10-12H2,1H3;1H/t16-,19+,20-;/m0./s1. The van der Waals surface area contributed by atoms with E-state index in [1.54, 1.807) is 0 Å². The van der Waals surface area contributed by atoms with Crippen molar-refractivity contribution in [2.24, 2.45) is 11.8 Å². The summed E-state index contributed by atoms with van der Waals surface area (Å²) in [6.45, 7) is 3.83. The van der Waals surface area contributed by atoms with Gasteiger partial charge in [0.2, 0.25) is 0 Å². The Hall–Kier alpha value is -0.930. The molecule has 4 heteroatoms. The van der Waals surface area contributed by atoms with Crippen LogP contribution in [-0.2, 0) is 4.74 Å². The molecular weight excluding hydrogens is 322 g/mol. The minimum Gasteiger partial charge on any atom is -0.494 e. The Morgan fingerprint density at radius 2 is 2.00 bits per heavy atom. The highest BCUT2D eigenvalue weighted by Gasteiger charge is 2.43. The Balaban J connectivity index is 0.00000169. The SMILES string of the molecule is CCCOc1ccc2c(c1)[C@H]1OCC[C@H]1[C@@H](C1CCCCC1)N2.Cl. The molecule has 1 aromatic carbocycles. The van der Waals surface area contributed by atoms with Crippen LogP contribution in [0.15, 0.2) is 18.2 Å². The molecule has 0 spiro atoms. The van der Waals surface area contributed by atoms with E-state index in [4.69, 9.17) is 9.47 Å². The van der Waals surface area contributed by atoms with Crippen molar-refractivity contribution < 1.29 is 9.47 Å². The Morgan fingerprint density at radius 3 is 2.79 bits per heavy atom. The zero-order valence-corrected chi connectivity index (χ0v) is 15.4. The molecule has 24 heavy (non-hydrogen) atoms. The van der Waals surface area contributed by atoms with E-state index < -0.39 is 0 Å². The molecule has 134 valence electrons. The number of rotatable bonds is 4. The molecular formula is C20H30ClNO2. The quantitative estimate of drug-likeness (QED) is 0.793. The molecule has 2 fully saturated rings. The van der Waals surface area contributed by atoms with Gasteiger partial charge in [-0.2, -0.15) is 0 Å². The van der Waals surface area contributed by atoms with Crippen molar-refractivity contribution in [2.75, 3.05) is 18.5 Å². The van der Waals surface area contributed by atoms with Crippen molar-refractivity contribution in [3.63, 3.8) is 0 Å². The summed E-state index contributed by atoms with van der Waals surface area (Å²) in [6.07, 6.45) is 9.49. The summed E-state index contributed by atoms with van der Waals surface area (Å²) in [5.41, 5.74) is 2.58. The van der Waals surface area contributed by atoms with E-state index in [9.17, 15) is 0 Å². The van der Waals surface area contributed by atoms with E-state index in [1.807, 2.05) is 0 Å². The molecule has 0 amide bonds. The predicted octanol–water partition coefficient (Wildman–Crippen LogP) is 5.35. The van der Waals surface area contributed by atoms with Crippen LogP contribution in [0.4, 0.5) is 5.69 Å². The van der Waals surface area contributed by atoms with Gasteiger partial charge in [-0.25, -0.2) is 0 Å². The summed E-state index contributed by atoms with van der Waals surface area (Å²) in [5.74, 6) is 2.44. The maximum atomic E-state index is 6.17. The summed E-state index contributed by atoms with van der Waals surface area (Å²) in [4.78, 5) is 0. The summed E-state index contributed by atoms with van der Waals surface area (Å²) in [5, 5.41) is 3.89. The molecule has 0 unspecified atom stereocenters. The van der Waals surface area contributed by atoms with E-state index in [2.05, 4.69) is 30.4 Å². The minimum absolute atomic E-state index is 0. The highest BCUT2D eigenvalue weighted by molar-refractivity contribution is 5.85. The third-order valence-electron chi connectivity index (χ3n) is 5.88. The zero-order chi connectivity index (χ0) is 15.6. The molecule has 0 bridgehead atoms. The lowest BCUT2D eigenvalue weighted by Crippen LogP contribution is -2.42. The molecule has 1 N–H and O–H groups in total. The minimum atomic E-state index is 0. The van der Waals surface area contributed by atoms with Gasteiger partial charge in [0.1, 0.15) is 5.75 Å². The van der Waals surface area contributed by atoms with Gasteiger partial charge in [0, 0.05) is 29.8 Å². The first-order valence-corrected chi connectivity index (χ1v) is 9.51. The zero-order valence-electron chi connectivity index (χ0n) is 14.6. The molecule has 3 nitrogen and oxygen atoms in total. The van der Waals surface area contributed by atoms with Crippen LogP contribution in [0.25, 0.3) is 0 Å².